The van der Waals surface area contributed by atoms with E-state index < -0.39 is 0 Å². The van der Waals surface area contributed by atoms with E-state index in [0.29, 0.717) is 12.8 Å². The van der Waals surface area contributed by atoms with Crippen molar-refractivity contribution in [3.8, 4) is 11.5 Å². The van der Waals surface area contributed by atoms with Gasteiger partial charge in [-0.05, 0) is 32.9 Å². The van der Waals surface area contributed by atoms with Crippen LogP contribution in [0.2, 0.25) is 0 Å². The lowest BCUT2D eigenvalue weighted by atomic mass is 10.1. The molecule has 1 aromatic carbocycles. The maximum absolute atomic E-state index is 5.53. The Balaban J connectivity index is 1.54. The average Bonchev–Trinajstić information content (AvgIpc) is 3.13. The maximum Gasteiger partial charge on any atom is 0.231 e. The summed E-state index contributed by atoms with van der Waals surface area (Å²) in [6.07, 6.45) is 2.71. The summed E-state index contributed by atoms with van der Waals surface area (Å²) in [7, 11) is 0. The minimum absolute atomic E-state index is 0.335. The Hall–Kier alpha value is -1.62. The zero-order valence-corrected chi connectivity index (χ0v) is 12.6. The molecular weight excluding hydrogens is 266 g/mol. The van der Waals surface area contributed by atoms with Crippen molar-refractivity contribution >= 4 is 11.4 Å². The number of hydrogen-bond acceptors (Lipinski definition) is 5. The van der Waals surface area contributed by atoms with E-state index in [2.05, 4.69) is 34.2 Å². The van der Waals surface area contributed by atoms with Gasteiger partial charge in [0.1, 0.15) is 0 Å². The van der Waals surface area contributed by atoms with Crippen LogP contribution in [0.25, 0.3) is 0 Å². The second-order valence-corrected chi connectivity index (χ2v) is 6.26. The van der Waals surface area contributed by atoms with Gasteiger partial charge >= 0.3 is 0 Å². The molecule has 5 nitrogen and oxygen atoms in total. The van der Waals surface area contributed by atoms with Crippen LogP contribution in [0.15, 0.2) is 12.1 Å². The van der Waals surface area contributed by atoms with Crippen LogP contribution in [0, 0.1) is 0 Å². The summed E-state index contributed by atoms with van der Waals surface area (Å²) < 4.78 is 11.0. The molecule has 1 N–H and O–H groups in total. The predicted molar refractivity (Wildman–Crippen MR) is 83.5 cm³/mol. The van der Waals surface area contributed by atoms with Crippen molar-refractivity contribution in [1.82, 2.24) is 4.90 Å². The Morgan fingerprint density at radius 2 is 1.90 bits per heavy atom. The van der Waals surface area contributed by atoms with E-state index in [1.54, 1.807) is 0 Å². The Labute approximate surface area is 125 Å². The SMILES string of the molecule is CC1CN(CCN2CCCC2)c2cc3c(cc2N1)OCO3. The Morgan fingerprint density at radius 1 is 1.14 bits per heavy atom. The molecule has 114 valence electrons. The molecule has 1 atom stereocenters. The monoisotopic (exact) mass is 289 g/mol. The van der Waals surface area contributed by atoms with Crippen LogP contribution < -0.4 is 19.7 Å². The van der Waals surface area contributed by atoms with Gasteiger partial charge in [-0.25, -0.2) is 0 Å². The van der Waals surface area contributed by atoms with Crippen LogP contribution in [0.5, 0.6) is 11.5 Å². The predicted octanol–water partition coefficient (Wildman–Crippen LogP) is 2.13. The van der Waals surface area contributed by atoms with E-state index >= 15 is 0 Å². The number of hydrogen-bond donors (Lipinski definition) is 1. The number of nitrogens with one attached hydrogen (secondary N) is 1. The fourth-order valence-corrected chi connectivity index (χ4v) is 3.53. The zero-order valence-electron chi connectivity index (χ0n) is 12.6. The fourth-order valence-electron chi connectivity index (χ4n) is 3.53. The first-order chi connectivity index (χ1) is 10.3. The highest BCUT2D eigenvalue weighted by molar-refractivity contribution is 5.77. The molecule has 21 heavy (non-hydrogen) atoms. The molecule has 0 saturated carbocycles. The second-order valence-electron chi connectivity index (χ2n) is 6.26. The molecular formula is C16H23N3O2. The van der Waals surface area contributed by atoms with Crippen LogP contribution in [0.3, 0.4) is 0 Å². The first-order valence-electron chi connectivity index (χ1n) is 7.97. The van der Waals surface area contributed by atoms with E-state index in [1.165, 1.54) is 37.3 Å². The third-order valence-corrected chi connectivity index (χ3v) is 4.61. The van der Waals surface area contributed by atoms with Crippen molar-refractivity contribution in [3.63, 3.8) is 0 Å². The summed E-state index contributed by atoms with van der Waals surface area (Å²) in [5.41, 5.74) is 2.41. The van der Waals surface area contributed by atoms with E-state index in [4.69, 9.17) is 9.47 Å². The van der Waals surface area contributed by atoms with Gasteiger partial charge in [-0.2, -0.15) is 0 Å². The minimum Gasteiger partial charge on any atom is -0.454 e. The van der Waals surface area contributed by atoms with E-state index in [9.17, 15) is 0 Å². The Morgan fingerprint density at radius 3 is 2.71 bits per heavy atom. The van der Waals surface area contributed by atoms with Gasteiger partial charge in [-0.3, -0.25) is 0 Å². The third kappa shape index (κ3) is 2.50. The number of ether oxygens (including phenoxy) is 2. The molecule has 3 heterocycles. The third-order valence-electron chi connectivity index (χ3n) is 4.61. The van der Waals surface area contributed by atoms with Gasteiger partial charge in [0, 0.05) is 37.8 Å². The van der Waals surface area contributed by atoms with Crippen molar-refractivity contribution in [3.05, 3.63) is 12.1 Å². The molecule has 0 radical (unpaired) electrons. The lowest BCUT2D eigenvalue weighted by Gasteiger charge is -2.36. The number of rotatable bonds is 3. The molecule has 1 aromatic rings. The molecule has 1 unspecified atom stereocenters. The second kappa shape index (κ2) is 5.30. The first kappa shape index (κ1) is 13.1. The zero-order chi connectivity index (χ0) is 14.2. The van der Waals surface area contributed by atoms with Crippen LogP contribution in [-0.2, 0) is 0 Å². The summed E-state index contributed by atoms with van der Waals surface area (Å²) in [5, 5.41) is 3.56. The van der Waals surface area contributed by atoms with Crippen LogP contribution in [0.1, 0.15) is 19.8 Å². The highest BCUT2D eigenvalue weighted by Gasteiger charge is 2.26. The summed E-state index contributed by atoms with van der Waals surface area (Å²) >= 11 is 0. The number of fused-ring (bicyclic) bond motifs is 2. The molecule has 3 aliphatic heterocycles. The van der Waals surface area contributed by atoms with E-state index in [1.807, 2.05) is 0 Å². The van der Waals surface area contributed by atoms with Crippen molar-refractivity contribution in [1.29, 1.82) is 0 Å². The Bertz CT molecular complexity index is 528. The molecule has 5 heteroatoms. The number of nitrogens with zero attached hydrogens (tertiary/aromatic N) is 2. The smallest absolute Gasteiger partial charge is 0.231 e. The highest BCUT2D eigenvalue weighted by Crippen LogP contribution is 2.42. The molecule has 3 aliphatic rings. The van der Waals surface area contributed by atoms with Crippen molar-refractivity contribution in [2.24, 2.45) is 0 Å². The summed E-state index contributed by atoms with van der Waals surface area (Å²) in [6, 6.07) is 4.66. The lowest BCUT2D eigenvalue weighted by Crippen LogP contribution is -2.43. The van der Waals surface area contributed by atoms with Crippen molar-refractivity contribution in [2.45, 2.75) is 25.8 Å². The summed E-state index contributed by atoms with van der Waals surface area (Å²) in [5.74, 6) is 1.73. The standard InChI is InChI=1S/C16H23N3O2/c1-12-10-19(7-6-18-4-2-3-5-18)14-9-16-15(20-11-21-16)8-13(14)17-12/h8-9,12,17H,2-7,10-11H2,1H3. The normalized spacial score (nSPS) is 24.0. The molecule has 0 amide bonds. The largest absolute Gasteiger partial charge is 0.454 e. The molecule has 0 bridgehead atoms. The fraction of sp³-hybridized carbons (Fsp3) is 0.625. The molecule has 0 spiro atoms. The lowest BCUT2D eigenvalue weighted by molar-refractivity contribution is 0.174. The van der Waals surface area contributed by atoms with Gasteiger partial charge < -0.3 is 24.6 Å². The average molecular weight is 289 g/mol. The number of likely N-dealkylation sites (tertiary alicyclic amines) is 1. The maximum atomic E-state index is 5.53. The van der Waals surface area contributed by atoms with Gasteiger partial charge in [0.05, 0.1) is 11.4 Å². The van der Waals surface area contributed by atoms with Gasteiger partial charge in [-0.1, -0.05) is 0 Å². The molecule has 4 rings (SSSR count). The van der Waals surface area contributed by atoms with E-state index in [-0.39, 0.29) is 0 Å². The molecule has 0 aromatic heterocycles. The summed E-state index contributed by atoms with van der Waals surface area (Å²) in [6.45, 7) is 8.36. The van der Waals surface area contributed by atoms with E-state index in [0.717, 1.165) is 31.1 Å². The topological polar surface area (TPSA) is 37.0 Å². The minimum atomic E-state index is 0.335. The van der Waals surface area contributed by atoms with Gasteiger partial charge in [0.15, 0.2) is 11.5 Å². The first-order valence-corrected chi connectivity index (χ1v) is 7.97. The van der Waals surface area contributed by atoms with Crippen molar-refractivity contribution in [2.75, 3.05) is 49.7 Å². The Kier molecular flexibility index (Phi) is 3.30. The highest BCUT2D eigenvalue weighted by atomic mass is 16.7. The molecule has 1 saturated heterocycles. The van der Waals surface area contributed by atoms with Crippen molar-refractivity contribution < 1.29 is 9.47 Å². The molecule has 1 fully saturated rings. The summed E-state index contributed by atoms with van der Waals surface area (Å²) in [4.78, 5) is 5.05. The van der Waals surface area contributed by atoms with Crippen LogP contribution in [0.4, 0.5) is 11.4 Å². The van der Waals surface area contributed by atoms with Crippen LogP contribution in [-0.4, -0.2) is 50.5 Å². The van der Waals surface area contributed by atoms with Gasteiger partial charge in [0.2, 0.25) is 6.79 Å². The molecule has 0 aliphatic carbocycles. The number of benzene rings is 1. The quantitative estimate of drug-likeness (QED) is 0.922. The number of anilines is 2. The van der Waals surface area contributed by atoms with Crippen LogP contribution >= 0.6 is 0 Å². The van der Waals surface area contributed by atoms with Gasteiger partial charge in [-0.15, -0.1) is 0 Å². The van der Waals surface area contributed by atoms with Gasteiger partial charge in [0.25, 0.3) is 0 Å².